The van der Waals surface area contributed by atoms with Gasteiger partial charge in [-0.3, -0.25) is 0 Å². The minimum Gasteiger partial charge on any atom is -0.456 e. The number of carbonyl (C=O) groups is 3. The van der Waals surface area contributed by atoms with Crippen LogP contribution in [0, 0.1) is 20.8 Å². The summed E-state index contributed by atoms with van der Waals surface area (Å²) in [4.78, 5) is 60.4. The SMILES string of the molecule is Cc1cc(C(F)(F)F)nc2c1cc(C(Cl)c1c(Cl)ncc(C(=O)OC(C)(C)C)c1Cl)n2S(=O)(=O)c1ccccc1.Cc1cc(C(F)(F)F)nc2c1cc(C(O)c1c(Cl)ncc(C(=O)OC(C)(C)C)c1Cl)n2S(=O)(=O)c1ccccc1.Cc1cc(C(F)(F)F)nc2c1cc(Cc1c(Cl)ncc(C(=O)OC(C)(C)C)c1Cl)n2S(=O)(=O)c1ccccc1.O=S(Cl)Cl. The number of rotatable bonds is 15. The minimum absolute atomic E-state index is 0.00992. The average molecular weight is 1970 g/mol. The van der Waals surface area contributed by atoms with E-state index in [0.29, 0.717) is 7.94 Å². The second-order valence-corrected chi connectivity index (χ2v) is 40.0. The number of aliphatic hydroxyl groups excluding tert-OH is 1. The van der Waals surface area contributed by atoms with Gasteiger partial charge in [-0.25, -0.2) is 85.7 Å². The number of pyridine rings is 6. The summed E-state index contributed by atoms with van der Waals surface area (Å²) in [6.45, 7) is 18.9. The fourth-order valence-corrected chi connectivity index (χ4v) is 18.6. The number of fused-ring (bicyclic) bond motifs is 3. The Bertz CT molecular complexity index is 6260. The third-order valence-corrected chi connectivity index (χ3v) is 24.8. The van der Waals surface area contributed by atoms with Crippen LogP contribution in [-0.4, -0.2) is 111 Å². The third-order valence-electron chi connectivity index (χ3n) is 17.0. The van der Waals surface area contributed by atoms with Crippen LogP contribution in [0.25, 0.3) is 33.1 Å². The van der Waals surface area contributed by atoms with Crippen molar-refractivity contribution < 1.29 is 103 Å². The standard InChI is InChI=1S/C26H21Cl3F3N3O4S.C26H22Cl2F3N3O5S.C26H22Cl2F3N3O4S.Cl2OS/c1-13-10-18(26(30,31)32)34-23-15(13)11-17(35(23)40(37,38)14-8-6-5-7-9-14)21(28)19-20(27)16(12-33-22(19)29)24(36)39-25(2,3)4;1-13-10-18(26(29,30)31)33-23-15(13)11-17(34(23)40(37,38)14-8-6-5-7-9-14)21(35)19-20(27)16(12-32-22(19)28)24(36)39-25(2,3)4;1-14-10-20(26(29,30)31)33-23-17(14)11-15(34(23)39(36,37)16-8-6-5-7-9-16)12-18-21(27)19(13-32-22(18)28)24(35)38-25(2,3)4;1-4(2)3/h5-12,21H,1-4H3;5-12,21,35H,1-4H3;5-11,13H,12H2,1-4H3;. The van der Waals surface area contributed by atoms with Crippen molar-refractivity contribution in [2.45, 2.75) is 151 Å². The number of benzene rings is 3. The van der Waals surface area contributed by atoms with Crippen LogP contribution in [0.4, 0.5) is 39.5 Å². The molecule has 0 bridgehead atoms. The highest BCUT2D eigenvalue weighted by molar-refractivity contribution is 8.26. The fourth-order valence-electron chi connectivity index (χ4n) is 11.8. The van der Waals surface area contributed by atoms with Crippen molar-refractivity contribution in [2.24, 2.45) is 0 Å². The van der Waals surface area contributed by atoms with Crippen LogP contribution in [0.15, 0.2) is 161 Å². The molecular weight excluding hydrogens is 1910 g/mol. The van der Waals surface area contributed by atoms with Crippen molar-refractivity contribution >= 4 is 193 Å². The number of hydrogen-bond donors (Lipinski definition) is 1. The minimum atomic E-state index is -4.89. The van der Waals surface area contributed by atoms with Crippen molar-refractivity contribution in [1.82, 2.24) is 41.8 Å². The quantitative estimate of drug-likeness (QED) is 0.0249. The zero-order valence-corrected chi connectivity index (χ0v) is 75.5. The van der Waals surface area contributed by atoms with Gasteiger partial charge in [-0.05, 0) is 173 Å². The lowest BCUT2D eigenvalue weighted by Gasteiger charge is -2.21. The molecule has 9 heterocycles. The first-order valence-corrected chi connectivity index (χ1v) is 44.9. The number of esters is 3. The summed E-state index contributed by atoms with van der Waals surface area (Å²) < 4.78 is 233. The largest absolute Gasteiger partial charge is 0.456 e. The van der Waals surface area contributed by atoms with Crippen LogP contribution in [0.5, 0.6) is 0 Å². The maximum atomic E-state index is 13.9. The summed E-state index contributed by atoms with van der Waals surface area (Å²) in [5.74, 6) is -2.50. The molecule has 1 N–H and O–H groups in total. The van der Waals surface area contributed by atoms with Gasteiger partial charge in [0, 0.05) is 84.9 Å². The lowest BCUT2D eigenvalue weighted by atomic mass is 10.1. The van der Waals surface area contributed by atoms with Crippen LogP contribution in [-0.2, 0) is 78.5 Å². The van der Waals surface area contributed by atoms with Crippen molar-refractivity contribution in [3.8, 4) is 0 Å². The summed E-state index contributed by atoms with van der Waals surface area (Å²) in [7, 11) is -6.27. The van der Waals surface area contributed by atoms with Crippen LogP contribution in [0.1, 0.15) is 172 Å². The molecule has 0 aliphatic heterocycles. The maximum Gasteiger partial charge on any atom is 0.433 e. The maximum absolute atomic E-state index is 13.9. The molecule has 23 nitrogen and oxygen atoms in total. The van der Waals surface area contributed by atoms with E-state index in [1.54, 1.807) is 80.5 Å². The van der Waals surface area contributed by atoms with E-state index in [0.717, 1.165) is 40.8 Å². The van der Waals surface area contributed by atoms with Gasteiger partial charge in [0.15, 0.2) is 16.9 Å². The number of aliphatic hydroxyl groups is 1. The second-order valence-electron chi connectivity index (χ2n) is 29.5. The van der Waals surface area contributed by atoms with Gasteiger partial charge >= 0.3 is 36.4 Å². The molecule has 656 valence electrons. The molecule has 3 aromatic carbocycles. The van der Waals surface area contributed by atoms with Gasteiger partial charge in [0.05, 0.1) is 57.8 Å². The van der Waals surface area contributed by atoms with Crippen LogP contribution in [0.2, 0.25) is 30.5 Å². The van der Waals surface area contributed by atoms with E-state index in [1.807, 2.05) is 0 Å². The van der Waals surface area contributed by atoms with Crippen LogP contribution in [0.3, 0.4) is 0 Å². The van der Waals surface area contributed by atoms with E-state index in [4.69, 9.17) is 99.6 Å². The molecule has 45 heteroatoms. The lowest BCUT2D eigenvalue weighted by Crippen LogP contribution is -2.24. The molecule has 2 unspecified atom stereocenters. The number of aryl methyl sites for hydroxylation is 3. The highest BCUT2D eigenvalue weighted by Crippen LogP contribution is 2.46. The van der Waals surface area contributed by atoms with E-state index in [-0.39, 0.29) is 129 Å². The van der Waals surface area contributed by atoms with Crippen molar-refractivity contribution in [3.05, 3.63) is 261 Å². The van der Waals surface area contributed by atoms with Crippen molar-refractivity contribution in [2.75, 3.05) is 0 Å². The highest BCUT2D eigenvalue weighted by Gasteiger charge is 2.42. The average Bonchev–Trinajstić information content (AvgIpc) is 1.59. The lowest BCUT2D eigenvalue weighted by molar-refractivity contribution is -0.141. The zero-order valence-electron chi connectivity index (χ0n) is 65.4. The number of aromatic nitrogens is 9. The van der Waals surface area contributed by atoms with E-state index in [9.17, 15) is 84.3 Å². The van der Waals surface area contributed by atoms with Gasteiger partial charge < -0.3 is 19.3 Å². The number of ether oxygens (including phenoxy) is 3. The van der Waals surface area contributed by atoms with Gasteiger partial charge in [0.2, 0.25) is 9.23 Å². The Morgan fingerprint density at radius 3 is 1.07 bits per heavy atom. The molecule has 0 saturated carbocycles. The van der Waals surface area contributed by atoms with Gasteiger partial charge in [0.25, 0.3) is 30.1 Å². The van der Waals surface area contributed by atoms with Crippen molar-refractivity contribution in [3.63, 3.8) is 0 Å². The second kappa shape index (κ2) is 37.2. The van der Waals surface area contributed by atoms with E-state index >= 15 is 0 Å². The predicted molar refractivity (Wildman–Crippen MR) is 448 cm³/mol. The molecule has 9 aromatic heterocycles. The molecule has 0 saturated heterocycles. The number of nitrogens with zero attached hydrogens (tertiary/aromatic N) is 9. The zero-order chi connectivity index (χ0) is 92.1. The van der Waals surface area contributed by atoms with Gasteiger partial charge in [-0.1, -0.05) is 124 Å². The first kappa shape index (κ1) is 98.3. The van der Waals surface area contributed by atoms with Gasteiger partial charge in [-0.2, -0.15) is 39.5 Å². The number of halogens is 18. The predicted octanol–water partition coefficient (Wildman–Crippen LogP) is 21.8. The molecule has 0 aliphatic carbocycles. The monoisotopic (exact) mass is 1970 g/mol. The number of alkyl halides is 10. The topological polar surface area (TPSA) is 311 Å². The Balaban J connectivity index is 0.000000205. The van der Waals surface area contributed by atoms with Gasteiger partial charge in [0.1, 0.15) is 60.8 Å². The molecular formula is C78H65Cl9F9N9O14S4. The normalized spacial score (nSPS) is 13.0. The van der Waals surface area contributed by atoms with Crippen LogP contribution < -0.4 is 0 Å². The van der Waals surface area contributed by atoms with E-state index in [2.05, 4.69) is 51.3 Å². The Morgan fingerprint density at radius 2 is 0.724 bits per heavy atom. The number of hydrogen-bond acceptors (Lipinski definition) is 20. The summed E-state index contributed by atoms with van der Waals surface area (Å²) in [5, 5.41) is 8.78. The van der Waals surface area contributed by atoms with E-state index < -0.39 is 144 Å². The summed E-state index contributed by atoms with van der Waals surface area (Å²) in [5.41, 5.74) is -9.28. The highest BCUT2D eigenvalue weighted by atomic mass is 36.0. The molecule has 0 aliphatic rings. The smallest absolute Gasteiger partial charge is 0.433 e. The Hall–Kier alpha value is -8.47. The summed E-state index contributed by atoms with van der Waals surface area (Å²) >= 11 is 45.3. The number of carbonyl (C=O) groups excluding carboxylic acids is 3. The molecule has 0 radical (unpaired) electrons. The molecule has 123 heavy (non-hydrogen) atoms. The molecule has 0 fully saturated rings. The third kappa shape index (κ3) is 22.3. The molecule has 2 atom stereocenters. The molecule has 12 rings (SSSR count). The van der Waals surface area contributed by atoms with Gasteiger partial charge in [-0.15, -0.1) is 11.6 Å². The Labute approximate surface area is 743 Å². The Morgan fingerprint density at radius 1 is 0.439 bits per heavy atom. The Kier molecular flexibility index (Phi) is 29.8. The van der Waals surface area contributed by atoms with E-state index in [1.165, 1.54) is 112 Å². The molecule has 12 aromatic rings. The first-order valence-electron chi connectivity index (χ1n) is 35.1. The fraction of sp³-hybridized carbons (Fsp3) is 0.269. The van der Waals surface area contributed by atoms with Crippen molar-refractivity contribution in [1.29, 1.82) is 0 Å². The summed E-state index contributed by atoms with van der Waals surface area (Å²) in [6, 6.07) is 27.4. The van der Waals surface area contributed by atoms with Crippen LogP contribution >= 0.6 is 103 Å². The molecule has 0 amide bonds. The molecule has 0 spiro atoms. The summed E-state index contributed by atoms with van der Waals surface area (Å²) in [6.07, 6.45) is -13.6. The first-order chi connectivity index (χ1) is 56.6.